The van der Waals surface area contributed by atoms with E-state index in [1.54, 1.807) is 20.8 Å². The summed E-state index contributed by atoms with van der Waals surface area (Å²) in [6.07, 6.45) is -2.13. The van der Waals surface area contributed by atoms with Crippen LogP contribution in [-0.2, 0) is 4.74 Å². The smallest absolute Gasteiger partial charge is 0.408 e. The Kier molecular flexibility index (Phi) is 7.65. The summed E-state index contributed by atoms with van der Waals surface area (Å²) in [6, 6.07) is -2.75. The van der Waals surface area contributed by atoms with Gasteiger partial charge in [0.05, 0.1) is 37.2 Å². The zero-order valence-corrected chi connectivity index (χ0v) is 21.6. The van der Waals surface area contributed by atoms with E-state index >= 15 is 0 Å². The number of amides is 3. The van der Waals surface area contributed by atoms with Crippen molar-refractivity contribution in [3.63, 3.8) is 0 Å². The number of aromatic nitrogens is 3. The molecule has 2 atom stereocenters. The number of urea groups is 1. The maximum atomic E-state index is 14.1. The fraction of sp³-hybridized carbons (Fsp3) is 0.667. The van der Waals surface area contributed by atoms with Crippen LogP contribution in [0.4, 0.5) is 35.9 Å². The molecule has 0 unspecified atom stereocenters. The number of alkyl halides is 6. The number of alkyl carbamates (subject to hydrolysis) is 1. The molecule has 0 spiro atoms. The van der Waals surface area contributed by atoms with Crippen molar-refractivity contribution in [2.24, 2.45) is 5.92 Å². The van der Waals surface area contributed by atoms with E-state index in [0.717, 1.165) is 6.20 Å². The Balaban J connectivity index is 1.66. The third-order valence-electron chi connectivity index (χ3n) is 6.66. The van der Waals surface area contributed by atoms with E-state index in [2.05, 4.69) is 15.4 Å². The molecule has 0 radical (unpaired) electrons. The maximum Gasteiger partial charge on any atom is 0.408 e. The van der Waals surface area contributed by atoms with E-state index < -0.39 is 67.1 Å². The van der Waals surface area contributed by atoms with Crippen molar-refractivity contribution in [1.82, 2.24) is 30.1 Å². The molecule has 39 heavy (non-hydrogen) atoms. The summed E-state index contributed by atoms with van der Waals surface area (Å²) in [5, 5.41) is 8.67. The lowest BCUT2D eigenvalue weighted by Gasteiger charge is -2.37. The van der Waals surface area contributed by atoms with E-state index in [9.17, 15) is 35.9 Å². The first-order valence-electron chi connectivity index (χ1n) is 12.5. The number of fused-ring (bicyclic) bond motifs is 1. The summed E-state index contributed by atoms with van der Waals surface area (Å²) in [5.74, 6) is -6.64. The highest BCUT2D eigenvalue weighted by Crippen LogP contribution is 2.41. The third kappa shape index (κ3) is 6.85. The number of halogens is 6. The maximum absolute atomic E-state index is 14.1. The van der Waals surface area contributed by atoms with E-state index in [-0.39, 0.29) is 42.6 Å². The molecule has 2 aromatic rings. The van der Waals surface area contributed by atoms with E-state index in [1.807, 2.05) is 5.32 Å². The largest absolute Gasteiger partial charge is 0.444 e. The van der Waals surface area contributed by atoms with E-state index in [1.165, 1.54) is 16.8 Å². The van der Waals surface area contributed by atoms with Gasteiger partial charge in [-0.25, -0.2) is 45.4 Å². The van der Waals surface area contributed by atoms with Crippen LogP contribution in [0.15, 0.2) is 18.5 Å². The standard InChI is InChI=1S/C24H30F6N6O3/c1-22(2,3)39-21(38)34-17(13-4-6-23(27,28)7-5-13)15-10-36-16(33-15)8-14(9-32-36)18(19(25)26)35-12-24(29,30)11-31-20(35)37/h8-10,13,17-19H,4-7,11-12H2,1-3H3,(H,31,37)(H,34,38)/t17-,18-/m0/s1. The number of hydrogen-bond donors (Lipinski definition) is 2. The molecule has 0 bridgehead atoms. The van der Waals surface area contributed by atoms with Gasteiger partial charge < -0.3 is 20.3 Å². The fourth-order valence-corrected chi connectivity index (χ4v) is 4.85. The first kappa shape index (κ1) is 28.7. The summed E-state index contributed by atoms with van der Waals surface area (Å²) < 4.78 is 90.2. The van der Waals surface area contributed by atoms with E-state index in [0.29, 0.717) is 4.90 Å². The summed E-state index contributed by atoms with van der Waals surface area (Å²) >= 11 is 0. The molecule has 216 valence electrons. The molecule has 1 aliphatic heterocycles. The molecular formula is C24H30F6N6O3. The van der Waals surface area contributed by atoms with Gasteiger partial charge in [-0.05, 0) is 45.6 Å². The van der Waals surface area contributed by atoms with Crippen molar-refractivity contribution < 1.29 is 40.7 Å². The molecule has 2 fully saturated rings. The highest BCUT2D eigenvalue weighted by atomic mass is 19.3. The second-order valence-corrected chi connectivity index (χ2v) is 11.0. The second-order valence-electron chi connectivity index (χ2n) is 11.0. The third-order valence-corrected chi connectivity index (χ3v) is 6.66. The Morgan fingerprint density at radius 2 is 1.85 bits per heavy atom. The summed E-state index contributed by atoms with van der Waals surface area (Å²) in [7, 11) is 0. The molecule has 0 aromatic carbocycles. The Labute approximate surface area is 220 Å². The quantitative estimate of drug-likeness (QED) is 0.477. The van der Waals surface area contributed by atoms with Gasteiger partial charge in [-0.15, -0.1) is 0 Å². The van der Waals surface area contributed by atoms with Gasteiger partial charge in [0.25, 0.3) is 12.3 Å². The molecule has 15 heteroatoms. The van der Waals surface area contributed by atoms with Crippen LogP contribution in [0.2, 0.25) is 0 Å². The first-order valence-corrected chi connectivity index (χ1v) is 12.5. The number of rotatable bonds is 6. The highest BCUT2D eigenvalue weighted by Gasteiger charge is 2.45. The van der Waals surface area contributed by atoms with E-state index in [4.69, 9.17) is 4.74 Å². The fourth-order valence-electron chi connectivity index (χ4n) is 4.85. The number of carbonyl (C=O) groups excluding carboxylic acids is 2. The van der Waals surface area contributed by atoms with Gasteiger partial charge in [-0.2, -0.15) is 5.10 Å². The Morgan fingerprint density at radius 3 is 2.46 bits per heavy atom. The number of imidazole rings is 1. The molecular weight excluding hydrogens is 534 g/mol. The van der Waals surface area contributed by atoms with Crippen LogP contribution in [0.5, 0.6) is 0 Å². The molecule has 1 saturated carbocycles. The Morgan fingerprint density at radius 1 is 1.18 bits per heavy atom. The zero-order chi connectivity index (χ0) is 28.8. The lowest BCUT2D eigenvalue weighted by molar-refractivity contribution is -0.0638. The second kappa shape index (κ2) is 10.4. The van der Waals surface area contributed by atoms with Crippen LogP contribution in [0.3, 0.4) is 0 Å². The number of hydrogen-bond acceptors (Lipinski definition) is 5. The molecule has 2 aliphatic rings. The topological polar surface area (TPSA) is 101 Å². The molecule has 1 aliphatic carbocycles. The van der Waals surface area contributed by atoms with Crippen molar-refractivity contribution in [2.45, 2.75) is 82.4 Å². The van der Waals surface area contributed by atoms with Gasteiger partial charge in [0.1, 0.15) is 11.6 Å². The normalized spacial score (nSPS) is 21.5. The monoisotopic (exact) mass is 564 g/mol. The lowest BCUT2D eigenvalue weighted by atomic mass is 9.81. The molecule has 3 heterocycles. The Hall–Kier alpha value is -3.26. The molecule has 2 N–H and O–H groups in total. The number of ether oxygens (including phenoxy) is 1. The molecule has 9 nitrogen and oxygen atoms in total. The molecule has 2 aromatic heterocycles. The molecule has 1 saturated heterocycles. The summed E-state index contributed by atoms with van der Waals surface area (Å²) in [6.45, 7) is 2.83. The van der Waals surface area contributed by atoms with Crippen LogP contribution in [0.25, 0.3) is 5.65 Å². The van der Waals surface area contributed by atoms with Crippen LogP contribution in [0, 0.1) is 5.92 Å². The van der Waals surface area contributed by atoms with Gasteiger partial charge >= 0.3 is 12.1 Å². The minimum absolute atomic E-state index is 0.0365. The number of carbonyl (C=O) groups is 2. The van der Waals surface area contributed by atoms with Crippen molar-refractivity contribution in [3.05, 3.63) is 29.7 Å². The van der Waals surface area contributed by atoms with Gasteiger partial charge in [-0.1, -0.05) is 0 Å². The Bertz CT molecular complexity index is 1210. The van der Waals surface area contributed by atoms with Crippen molar-refractivity contribution >= 4 is 17.8 Å². The van der Waals surface area contributed by atoms with Crippen LogP contribution >= 0.6 is 0 Å². The van der Waals surface area contributed by atoms with Crippen LogP contribution in [-0.4, -0.2) is 68.6 Å². The average Bonchev–Trinajstić information content (AvgIpc) is 3.22. The van der Waals surface area contributed by atoms with Crippen LogP contribution in [0.1, 0.15) is 69.8 Å². The predicted molar refractivity (Wildman–Crippen MR) is 126 cm³/mol. The minimum atomic E-state index is -3.41. The van der Waals surface area contributed by atoms with Crippen molar-refractivity contribution in [2.75, 3.05) is 13.1 Å². The molecule has 3 amide bonds. The van der Waals surface area contributed by atoms with Crippen molar-refractivity contribution in [3.8, 4) is 0 Å². The predicted octanol–water partition coefficient (Wildman–Crippen LogP) is 5.09. The molecule has 4 rings (SSSR count). The lowest BCUT2D eigenvalue weighted by Crippen LogP contribution is -2.58. The number of nitrogens with one attached hydrogen (secondary N) is 2. The summed E-state index contributed by atoms with van der Waals surface area (Å²) in [5.41, 5.74) is -0.784. The average molecular weight is 565 g/mol. The van der Waals surface area contributed by atoms with Gasteiger partial charge in [0.15, 0.2) is 5.65 Å². The van der Waals surface area contributed by atoms with Gasteiger partial charge in [0.2, 0.25) is 5.92 Å². The minimum Gasteiger partial charge on any atom is -0.444 e. The van der Waals surface area contributed by atoms with Gasteiger partial charge in [-0.3, -0.25) is 0 Å². The first-order chi connectivity index (χ1) is 18.0. The number of nitrogens with zero attached hydrogens (tertiary/aromatic N) is 4. The van der Waals surface area contributed by atoms with Crippen LogP contribution < -0.4 is 10.6 Å². The van der Waals surface area contributed by atoms with Gasteiger partial charge in [0, 0.05) is 18.4 Å². The highest BCUT2D eigenvalue weighted by molar-refractivity contribution is 5.76. The summed E-state index contributed by atoms with van der Waals surface area (Å²) in [4.78, 5) is 29.5. The zero-order valence-electron chi connectivity index (χ0n) is 21.6. The SMILES string of the molecule is CC(C)(C)OC(=O)N[C@H](c1cn2ncc([C@@H](C(F)F)N3CC(F)(F)CNC3=O)cc2n1)C1CCC(F)(F)CC1. The van der Waals surface area contributed by atoms with Crippen molar-refractivity contribution in [1.29, 1.82) is 0 Å².